The Balaban J connectivity index is 1.50. The zero-order chi connectivity index (χ0) is 14.7. The van der Waals surface area contributed by atoms with Crippen molar-refractivity contribution in [3.8, 4) is 11.5 Å². The van der Waals surface area contributed by atoms with Gasteiger partial charge in [0.2, 0.25) is 5.91 Å². The molecule has 0 aromatic heterocycles. The van der Waals surface area contributed by atoms with Crippen molar-refractivity contribution in [1.29, 1.82) is 0 Å². The van der Waals surface area contributed by atoms with Crippen LogP contribution in [0.1, 0.15) is 6.42 Å². The Kier molecular flexibility index (Phi) is 4.26. The van der Waals surface area contributed by atoms with Gasteiger partial charge in [0.05, 0.1) is 6.54 Å². The van der Waals surface area contributed by atoms with Crippen LogP contribution in [0.5, 0.6) is 11.5 Å². The maximum absolute atomic E-state index is 12.0. The number of carbonyl (C=O) groups excluding carboxylic acids is 1. The average molecular weight is 291 g/mol. The third kappa shape index (κ3) is 3.65. The van der Waals surface area contributed by atoms with Crippen molar-refractivity contribution >= 4 is 11.6 Å². The predicted molar refractivity (Wildman–Crippen MR) is 80.0 cm³/mol. The highest BCUT2D eigenvalue weighted by atomic mass is 16.6. The summed E-state index contributed by atoms with van der Waals surface area (Å²) in [6, 6.07) is 5.86. The van der Waals surface area contributed by atoms with Crippen LogP contribution in [0.25, 0.3) is 0 Å². The fourth-order valence-corrected chi connectivity index (χ4v) is 2.66. The van der Waals surface area contributed by atoms with Crippen LogP contribution in [0.2, 0.25) is 0 Å². The number of carbonyl (C=O) groups is 1. The van der Waals surface area contributed by atoms with Crippen LogP contribution >= 0.6 is 0 Å². The Morgan fingerprint density at radius 3 is 2.90 bits per heavy atom. The van der Waals surface area contributed by atoms with Gasteiger partial charge in [0.15, 0.2) is 11.5 Å². The third-order valence-corrected chi connectivity index (χ3v) is 3.77. The van der Waals surface area contributed by atoms with Gasteiger partial charge in [0.25, 0.3) is 0 Å². The highest BCUT2D eigenvalue weighted by molar-refractivity contribution is 5.92. The summed E-state index contributed by atoms with van der Waals surface area (Å²) < 4.78 is 11.0. The van der Waals surface area contributed by atoms with Crippen LogP contribution in [0.15, 0.2) is 18.2 Å². The molecule has 6 nitrogen and oxygen atoms in total. The number of anilines is 1. The maximum atomic E-state index is 12.0. The normalized spacial score (nSPS) is 21.3. The molecule has 1 amide bonds. The van der Waals surface area contributed by atoms with E-state index in [1.807, 2.05) is 12.1 Å². The van der Waals surface area contributed by atoms with Gasteiger partial charge in [-0.05, 0) is 32.1 Å². The van der Waals surface area contributed by atoms with Crippen molar-refractivity contribution in [3.05, 3.63) is 18.2 Å². The Bertz CT molecular complexity index is 521. The Morgan fingerprint density at radius 1 is 1.33 bits per heavy atom. The van der Waals surface area contributed by atoms with E-state index in [1.165, 1.54) is 0 Å². The van der Waals surface area contributed by atoms with Crippen LogP contribution in [0.4, 0.5) is 5.69 Å². The summed E-state index contributed by atoms with van der Waals surface area (Å²) in [5, 5.41) is 6.16. The van der Waals surface area contributed by atoms with Gasteiger partial charge < -0.3 is 25.0 Å². The Labute approximate surface area is 124 Å². The molecule has 3 rings (SSSR count). The van der Waals surface area contributed by atoms with Crippen molar-refractivity contribution in [2.24, 2.45) is 0 Å². The van der Waals surface area contributed by atoms with Crippen molar-refractivity contribution in [1.82, 2.24) is 10.2 Å². The Morgan fingerprint density at radius 2 is 2.14 bits per heavy atom. The van der Waals surface area contributed by atoms with E-state index in [0.29, 0.717) is 31.5 Å². The average Bonchev–Trinajstić information content (AvgIpc) is 2.91. The molecule has 1 aromatic carbocycles. The minimum atomic E-state index is -0.0405. The quantitative estimate of drug-likeness (QED) is 0.854. The van der Waals surface area contributed by atoms with Gasteiger partial charge in [-0.2, -0.15) is 0 Å². The molecule has 0 saturated carbocycles. The number of hydrogen-bond donors (Lipinski definition) is 2. The number of fused-ring (bicyclic) bond motifs is 1. The standard InChI is InChI=1S/C15H21N3O3/c1-18-5-4-12(10-18)16-9-15(19)17-11-2-3-13-14(8-11)21-7-6-20-13/h2-3,8,12,16H,4-7,9-10H2,1H3,(H,17,19). The second-order valence-corrected chi connectivity index (χ2v) is 5.54. The molecule has 1 aromatic rings. The number of likely N-dealkylation sites (N-methyl/N-ethyl adjacent to an activating group) is 1. The molecule has 2 aliphatic rings. The van der Waals surface area contributed by atoms with E-state index in [4.69, 9.17) is 9.47 Å². The minimum Gasteiger partial charge on any atom is -0.486 e. The molecular formula is C15H21N3O3. The fraction of sp³-hybridized carbons (Fsp3) is 0.533. The summed E-state index contributed by atoms with van der Waals surface area (Å²) in [7, 11) is 2.09. The smallest absolute Gasteiger partial charge is 0.238 e. The lowest BCUT2D eigenvalue weighted by atomic mass is 10.2. The van der Waals surface area contributed by atoms with Gasteiger partial charge in [0, 0.05) is 24.3 Å². The molecular weight excluding hydrogens is 270 g/mol. The minimum absolute atomic E-state index is 0.0405. The van der Waals surface area contributed by atoms with Crippen molar-refractivity contribution in [2.75, 3.05) is 45.2 Å². The first-order valence-electron chi connectivity index (χ1n) is 7.32. The summed E-state index contributed by atoms with van der Waals surface area (Å²) in [5.74, 6) is 1.37. The monoisotopic (exact) mass is 291 g/mol. The maximum Gasteiger partial charge on any atom is 0.238 e. The molecule has 2 aliphatic heterocycles. The van der Waals surface area contributed by atoms with Crippen LogP contribution < -0.4 is 20.1 Å². The number of benzene rings is 1. The molecule has 0 bridgehead atoms. The van der Waals surface area contributed by atoms with Crippen molar-refractivity contribution in [2.45, 2.75) is 12.5 Å². The molecule has 21 heavy (non-hydrogen) atoms. The summed E-state index contributed by atoms with van der Waals surface area (Å²) in [6.07, 6.45) is 1.09. The van der Waals surface area contributed by atoms with Crippen molar-refractivity contribution in [3.63, 3.8) is 0 Å². The second kappa shape index (κ2) is 6.32. The lowest BCUT2D eigenvalue weighted by molar-refractivity contribution is -0.115. The van der Waals surface area contributed by atoms with Gasteiger partial charge in [-0.3, -0.25) is 4.79 Å². The molecule has 0 radical (unpaired) electrons. The molecule has 1 atom stereocenters. The van der Waals surface area contributed by atoms with Gasteiger partial charge in [-0.15, -0.1) is 0 Å². The molecule has 1 unspecified atom stereocenters. The topological polar surface area (TPSA) is 62.8 Å². The summed E-state index contributed by atoms with van der Waals surface area (Å²) in [4.78, 5) is 14.2. The molecule has 2 heterocycles. The van der Waals surface area contributed by atoms with Crippen LogP contribution in [0, 0.1) is 0 Å². The molecule has 0 aliphatic carbocycles. The zero-order valence-corrected chi connectivity index (χ0v) is 12.2. The summed E-state index contributed by atoms with van der Waals surface area (Å²) in [6.45, 7) is 3.52. The van der Waals surface area contributed by atoms with Crippen LogP contribution in [-0.4, -0.2) is 56.7 Å². The summed E-state index contributed by atoms with van der Waals surface area (Å²) in [5.41, 5.74) is 0.731. The second-order valence-electron chi connectivity index (χ2n) is 5.54. The van der Waals surface area contributed by atoms with E-state index in [1.54, 1.807) is 6.07 Å². The van der Waals surface area contributed by atoms with Gasteiger partial charge in [-0.25, -0.2) is 0 Å². The highest BCUT2D eigenvalue weighted by Crippen LogP contribution is 2.32. The summed E-state index contributed by atoms with van der Waals surface area (Å²) >= 11 is 0. The zero-order valence-electron chi connectivity index (χ0n) is 12.2. The third-order valence-electron chi connectivity index (χ3n) is 3.77. The molecule has 1 fully saturated rings. The fourth-order valence-electron chi connectivity index (χ4n) is 2.66. The number of ether oxygens (including phenoxy) is 2. The number of rotatable bonds is 4. The van der Waals surface area contributed by atoms with Crippen LogP contribution in [0.3, 0.4) is 0 Å². The van der Waals surface area contributed by atoms with Gasteiger partial charge in [-0.1, -0.05) is 0 Å². The first kappa shape index (κ1) is 14.2. The van der Waals surface area contributed by atoms with Crippen molar-refractivity contribution < 1.29 is 14.3 Å². The number of nitrogens with one attached hydrogen (secondary N) is 2. The number of likely N-dealkylation sites (tertiary alicyclic amines) is 1. The molecule has 114 valence electrons. The Hall–Kier alpha value is -1.79. The number of hydrogen-bond acceptors (Lipinski definition) is 5. The van der Waals surface area contributed by atoms with E-state index in [0.717, 1.165) is 30.9 Å². The largest absolute Gasteiger partial charge is 0.486 e. The number of amides is 1. The first-order valence-corrected chi connectivity index (χ1v) is 7.32. The molecule has 6 heteroatoms. The molecule has 2 N–H and O–H groups in total. The van der Waals surface area contributed by atoms with Gasteiger partial charge >= 0.3 is 0 Å². The van der Waals surface area contributed by atoms with E-state index in [2.05, 4.69) is 22.6 Å². The number of nitrogens with zero attached hydrogens (tertiary/aromatic N) is 1. The van der Waals surface area contributed by atoms with E-state index in [9.17, 15) is 4.79 Å². The molecule has 1 saturated heterocycles. The highest BCUT2D eigenvalue weighted by Gasteiger charge is 2.19. The lowest BCUT2D eigenvalue weighted by Crippen LogP contribution is -2.37. The van der Waals surface area contributed by atoms with Gasteiger partial charge in [0.1, 0.15) is 13.2 Å². The SMILES string of the molecule is CN1CCC(NCC(=O)Nc2ccc3c(c2)OCCO3)C1. The van der Waals surface area contributed by atoms with E-state index >= 15 is 0 Å². The van der Waals surface area contributed by atoms with Crippen LogP contribution in [-0.2, 0) is 4.79 Å². The first-order chi connectivity index (χ1) is 10.2. The van der Waals surface area contributed by atoms with E-state index in [-0.39, 0.29) is 5.91 Å². The predicted octanol–water partition coefficient (Wildman–Crippen LogP) is 0.690. The molecule has 0 spiro atoms. The lowest BCUT2D eigenvalue weighted by Gasteiger charge is -2.19. The van der Waals surface area contributed by atoms with E-state index < -0.39 is 0 Å².